The summed E-state index contributed by atoms with van der Waals surface area (Å²) in [6.07, 6.45) is 0.237. The van der Waals surface area contributed by atoms with Crippen LogP contribution in [-0.2, 0) is 21.3 Å². The van der Waals surface area contributed by atoms with Crippen molar-refractivity contribution in [3.05, 3.63) is 33.8 Å². The van der Waals surface area contributed by atoms with E-state index in [2.05, 4.69) is 15.9 Å². The Morgan fingerprint density at radius 2 is 2.19 bits per heavy atom. The molecule has 0 radical (unpaired) electrons. The molecule has 0 unspecified atom stereocenters. The van der Waals surface area contributed by atoms with Crippen molar-refractivity contribution in [3.63, 3.8) is 0 Å². The Hall–Kier alpha value is -0.540. The fourth-order valence-electron chi connectivity index (χ4n) is 1.50. The molecule has 0 saturated carbocycles. The molecule has 0 spiro atoms. The van der Waals surface area contributed by atoms with E-state index in [9.17, 15) is 4.79 Å². The first-order valence-electron chi connectivity index (χ1n) is 5.08. The fourth-order valence-corrected chi connectivity index (χ4v) is 2.18. The second-order valence-corrected chi connectivity index (χ2v) is 4.46. The summed E-state index contributed by atoms with van der Waals surface area (Å²) in [7, 11) is 0. The molecule has 0 saturated heterocycles. The average Bonchev–Trinajstić information content (AvgIpc) is 2.23. The molecule has 0 amide bonds. The molecule has 0 aliphatic heterocycles. The lowest BCUT2D eigenvalue weighted by Gasteiger charge is -2.09. The molecule has 4 heteroatoms. The van der Waals surface area contributed by atoms with E-state index in [4.69, 9.17) is 16.3 Å². The van der Waals surface area contributed by atoms with Gasteiger partial charge in [0.15, 0.2) is 0 Å². The van der Waals surface area contributed by atoms with E-state index in [0.717, 1.165) is 22.0 Å². The number of esters is 1. The van der Waals surface area contributed by atoms with Gasteiger partial charge < -0.3 is 4.74 Å². The van der Waals surface area contributed by atoms with Gasteiger partial charge in [-0.1, -0.05) is 33.6 Å². The molecule has 0 heterocycles. The quantitative estimate of drug-likeness (QED) is 0.627. The predicted molar refractivity (Wildman–Crippen MR) is 69.2 cm³/mol. The standard InChI is InChI=1S/C12H14BrClO2/c1-3-16-12(15)6-10-8(2)4-9(7-13)5-11(10)14/h4-5H,3,6-7H2,1-2H3. The second-order valence-electron chi connectivity index (χ2n) is 3.49. The Labute approximate surface area is 109 Å². The van der Waals surface area contributed by atoms with Crippen molar-refractivity contribution in [1.82, 2.24) is 0 Å². The van der Waals surface area contributed by atoms with Crippen LogP contribution in [0.2, 0.25) is 5.02 Å². The monoisotopic (exact) mass is 304 g/mol. The minimum Gasteiger partial charge on any atom is -0.466 e. The van der Waals surface area contributed by atoms with E-state index in [1.807, 2.05) is 19.1 Å². The summed E-state index contributed by atoms with van der Waals surface area (Å²) in [4.78, 5) is 11.4. The third-order valence-electron chi connectivity index (χ3n) is 2.26. The number of benzene rings is 1. The van der Waals surface area contributed by atoms with Crippen LogP contribution in [-0.4, -0.2) is 12.6 Å². The summed E-state index contributed by atoms with van der Waals surface area (Å²) >= 11 is 9.50. The van der Waals surface area contributed by atoms with Crippen molar-refractivity contribution in [2.24, 2.45) is 0 Å². The smallest absolute Gasteiger partial charge is 0.310 e. The normalized spacial score (nSPS) is 10.2. The van der Waals surface area contributed by atoms with E-state index >= 15 is 0 Å². The molecule has 0 bridgehead atoms. The molecule has 1 aromatic rings. The lowest BCUT2D eigenvalue weighted by molar-refractivity contribution is -0.142. The summed E-state index contributed by atoms with van der Waals surface area (Å²) in [5.74, 6) is -0.237. The maximum absolute atomic E-state index is 11.4. The number of halogens is 2. The molecule has 0 aromatic heterocycles. The maximum atomic E-state index is 11.4. The van der Waals surface area contributed by atoms with Crippen LogP contribution in [0.4, 0.5) is 0 Å². The van der Waals surface area contributed by atoms with Crippen molar-refractivity contribution < 1.29 is 9.53 Å². The van der Waals surface area contributed by atoms with Gasteiger partial charge in [-0.25, -0.2) is 0 Å². The first kappa shape index (κ1) is 13.5. The zero-order chi connectivity index (χ0) is 12.1. The zero-order valence-electron chi connectivity index (χ0n) is 9.35. The van der Waals surface area contributed by atoms with Crippen LogP contribution in [0.3, 0.4) is 0 Å². The van der Waals surface area contributed by atoms with Crippen molar-refractivity contribution in [1.29, 1.82) is 0 Å². The van der Waals surface area contributed by atoms with E-state index in [0.29, 0.717) is 11.6 Å². The highest BCUT2D eigenvalue weighted by Gasteiger charge is 2.11. The Balaban J connectivity index is 2.92. The van der Waals surface area contributed by atoms with E-state index < -0.39 is 0 Å². The molecule has 0 fully saturated rings. The topological polar surface area (TPSA) is 26.3 Å². The van der Waals surface area contributed by atoms with Crippen LogP contribution in [0.5, 0.6) is 0 Å². The molecule has 16 heavy (non-hydrogen) atoms. The number of hydrogen-bond donors (Lipinski definition) is 0. The minimum atomic E-state index is -0.237. The number of rotatable bonds is 4. The van der Waals surface area contributed by atoms with Gasteiger partial charge in [-0.15, -0.1) is 0 Å². The molecular weight excluding hydrogens is 291 g/mol. The summed E-state index contributed by atoms with van der Waals surface area (Å²) in [6.45, 7) is 4.14. The van der Waals surface area contributed by atoms with Crippen LogP contribution in [0.25, 0.3) is 0 Å². The lowest BCUT2D eigenvalue weighted by Crippen LogP contribution is -2.09. The van der Waals surface area contributed by atoms with Crippen LogP contribution in [0.15, 0.2) is 12.1 Å². The highest BCUT2D eigenvalue weighted by atomic mass is 79.9. The van der Waals surface area contributed by atoms with E-state index in [-0.39, 0.29) is 12.4 Å². The second kappa shape index (κ2) is 6.26. The minimum absolute atomic E-state index is 0.237. The Morgan fingerprint density at radius 1 is 1.50 bits per heavy atom. The first-order chi connectivity index (χ1) is 7.58. The van der Waals surface area contributed by atoms with Gasteiger partial charge in [0.25, 0.3) is 0 Å². The molecule has 0 aliphatic carbocycles. The number of alkyl halides is 1. The first-order valence-corrected chi connectivity index (χ1v) is 6.58. The van der Waals surface area contributed by atoms with Crippen LogP contribution in [0.1, 0.15) is 23.6 Å². The van der Waals surface area contributed by atoms with Gasteiger partial charge in [0.2, 0.25) is 0 Å². The van der Waals surface area contributed by atoms with Crippen molar-refractivity contribution in [3.8, 4) is 0 Å². The van der Waals surface area contributed by atoms with Crippen LogP contribution >= 0.6 is 27.5 Å². The maximum Gasteiger partial charge on any atom is 0.310 e. The number of aryl methyl sites for hydroxylation is 1. The molecule has 0 N–H and O–H groups in total. The predicted octanol–water partition coefficient (Wildman–Crippen LogP) is 3.65. The molecule has 88 valence electrons. The molecule has 0 aliphatic rings. The number of carbonyl (C=O) groups is 1. The largest absolute Gasteiger partial charge is 0.466 e. The molecular formula is C12H14BrClO2. The third kappa shape index (κ3) is 3.49. The summed E-state index contributed by atoms with van der Waals surface area (Å²) in [6, 6.07) is 3.90. The van der Waals surface area contributed by atoms with Gasteiger partial charge in [0.1, 0.15) is 0 Å². The van der Waals surface area contributed by atoms with Gasteiger partial charge in [-0.3, -0.25) is 4.79 Å². The SMILES string of the molecule is CCOC(=O)Cc1c(C)cc(CBr)cc1Cl. The van der Waals surface area contributed by atoms with Gasteiger partial charge in [-0.05, 0) is 36.6 Å². The van der Waals surface area contributed by atoms with Crippen molar-refractivity contribution in [2.75, 3.05) is 6.61 Å². The Morgan fingerprint density at radius 3 is 2.69 bits per heavy atom. The molecule has 0 atom stereocenters. The summed E-state index contributed by atoms with van der Waals surface area (Å²) < 4.78 is 4.91. The van der Waals surface area contributed by atoms with Gasteiger partial charge in [-0.2, -0.15) is 0 Å². The third-order valence-corrected chi connectivity index (χ3v) is 3.24. The van der Waals surface area contributed by atoms with E-state index in [1.54, 1.807) is 6.92 Å². The van der Waals surface area contributed by atoms with Crippen LogP contribution in [0, 0.1) is 6.92 Å². The number of hydrogen-bond acceptors (Lipinski definition) is 2. The van der Waals surface area contributed by atoms with Crippen molar-refractivity contribution in [2.45, 2.75) is 25.6 Å². The molecule has 1 rings (SSSR count). The van der Waals surface area contributed by atoms with Gasteiger partial charge in [0.05, 0.1) is 13.0 Å². The highest BCUT2D eigenvalue weighted by molar-refractivity contribution is 9.08. The van der Waals surface area contributed by atoms with Gasteiger partial charge in [0, 0.05) is 10.4 Å². The zero-order valence-corrected chi connectivity index (χ0v) is 11.7. The van der Waals surface area contributed by atoms with Crippen molar-refractivity contribution >= 4 is 33.5 Å². The summed E-state index contributed by atoms with van der Waals surface area (Å²) in [5, 5.41) is 1.38. The molecule has 2 nitrogen and oxygen atoms in total. The Bertz CT molecular complexity index is 368. The average molecular weight is 306 g/mol. The lowest BCUT2D eigenvalue weighted by atomic mass is 10.0. The van der Waals surface area contributed by atoms with E-state index in [1.165, 1.54) is 0 Å². The number of carbonyl (C=O) groups excluding carboxylic acids is 1. The number of ether oxygens (including phenoxy) is 1. The van der Waals surface area contributed by atoms with Crippen LogP contribution < -0.4 is 0 Å². The Kier molecular flexibility index (Phi) is 5.29. The van der Waals surface area contributed by atoms with Gasteiger partial charge >= 0.3 is 5.97 Å². The molecule has 1 aromatic carbocycles. The highest BCUT2D eigenvalue weighted by Crippen LogP contribution is 2.24. The fraction of sp³-hybridized carbons (Fsp3) is 0.417. The summed E-state index contributed by atoms with van der Waals surface area (Å²) in [5.41, 5.74) is 2.98.